The van der Waals surface area contributed by atoms with E-state index in [1.54, 1.807) is 0 Å². The van der Waals surface area contributed by atoms with E-state index < -0.39 is 0 Å². The summed E-state index contributed by atoms with van der Waals surface area (Å²) < 4.78 is 0. The zero-order valence-electron chi connectivity index (χ0n) is 7.23. The van der Waals surface area contributed by atoms with Crippen molar-refractivity contribution in [3.05, 3.63) is 12.2 Å². The first-order chi connectivity index (χ1) is 5.03. The lowest BCUT2D eigenvalue weighted by Crippen LogP contribution is -2.10. The molecule has 0 spiro atoms. The smallest absolute Gasteiger partial charge is 0.0545 e. The van der Waals surface area contributed by atoms with Crippen LogP contribution in [-0.2, 0) is 0 Å². The van der Waals surface area contributed by atoms with E-state index >= 15 is 0 Å². The molecule has 3 atom stereocenters. The molecule has 0 amide bonds. The number of halogens is 1. The van der Waals surface area contributed by atoms with Crippen molar-refractivity contribution in [2.45, 2.75) is 32.1 Å². The van der Waals surface area contributed by atoms with Crippen LogP contribution in [0, 0.1) is 17.3 Å². The molecule has 11 heavy (non-hydrogen) atoms. The van der Waals surface area contributed by atoms with Gasteiger partial charge < -0.3 is 0 Å². The van der Waals surface area contributed by atoms with Crippen molar-refractivity contribution < 1.29 is 0 Å². The van der Waals surface area contributed by atoms with Gasteiger partial charge in [0.1, 0.15) is 0 Å². The van der Waals surface area contributed by atoms with Crippen molar-refractivity contribution in [3.8, 4) is 0 Å². The van der Waals surface area contributed by atoms with E-state index in [9.17, 15) is 0 Å². The van der Waals surface area contributed by atoms with Crippen LogP contribution in [0.2, 0.25) is 0 Å². The molecule has 0 heterocycles. The first-order valence-corrected chi connectivity index (χ1v) is 4.79. The Morgan fingerprint density at radius 3 is 2.64 bits per heavy atom. The van der Waals surface area contributed by atoms with Crippen LogP contribution in [0.15, 0.2) is 12.2 Å². The third-order valence-electron chi connectivity index (χ3n) is 3.67. The largest absolute Gasteiger partial charge is 0.118 e. The van der Waals surface area contributed by atoms with Gasteiger partial charge in [0.15, 0.2) is 0 Å². The Bertz CT molecular complexity index is 205. The van der Waals surface area contributed by atoms with Gasteiger partial charge >= 0.3 is 0 Å². The maximum Gasteiger partial charge on any atom is 0.0545 e. The molecule has 2 rings (SSSR count). The Balaban J connectivity index is 2.12. The van der Waals surface area contributed by atoms with Gasteiger partial charge in [-0.1, -0.05) is 26.0 Å². The van der Waals surface area contributed by atoms with E-state index in [4.69, 9.17) is 11.6 Å². The predicted molar refractivity (Wildman–Crippen MR) is 48.8 cm³/mol. The van der Waals surface area contributed by atoms with Crippen molar-refractivity contribution in [2.24, 2.45) is 17.3 Å². The number of rotatable bonds is 0. The molecule has 0 saturated heterocycles. The van der Waals surface area contributed by atoms with Crippen LogP contribution in [0.5, 0.6) is 0 Å². The van der Waals surface area contributed by atoms with E-state index in [1.165, 1.54) is 12.0 Å². The first-order valence-electron chi connectivity index (χ1n) is 4.35. The minimum Gasteiger partial charge on any atom is -0.118 e. The summed E-state index contributed by atoms with van der Waals surface area (Å²) in [5.74, 6) is 1.78. The van der Waals surface area contributed by atoms with E-state index in [-0.39, 0.29) is 5.38 Å². The van der Waals surface area contributed by atoms with Crippen LogP contribution in [0.4, 0.5) is 0 Å². The summed E-state index contributed by atoms with van der Waals surface area (Å²) in [5, 5.41) is 0.262. The highest BCUT2D eigenvalue weighted by molar-refractivity contribution is 6.22. The second-order valence-electron chi connectivity index (χ2n) is 4.60. The molecule has 2 fully saturated rings. The van der Waals surface area contributed by atoms with E-state index in [0.29, 0.717) is 5.41 Å². The minimum absolute atomic E-state index is 0.262. The molecule has 0 radical (unpaired) electrons. The molecule has 2 saturated carbocycles. The molecular formula is C10H15Cl. The lowest BCUT2D eigenvalue weighted by molar-refractivity contribution is 0.537. The third kappa shape index (κ3) is 0.955. The van der Waals surface area contributed by atoms with Crippen molar-refractivity contribution in [1.82, 2.24) is 0 Å². The summed E-state index contributed by atoms with van der Waals surface area (Å²) in [5.41, 5.74) is 1.82. The van der Waals surface area contributed by atoms with Gasteiger partial charge in [-0.25, -0.2) is 0 Å². The minimum atomic E-state index is 0.262. The normalized spacial score (nSPS) is 46.8. The number of hydrogen-bond acceptors (Lipinski definition) is 0. The quantitative estimate of drug-likeness (QED) is 0.387. The maximum atomic E-state index is 6.12. The highest BCUT2D eigenvalue weighted by atomic mass is 35.5. The molecule has 0 aliphatic heterocycles. The average molecular weight is 171 g/mol. The number of allylic oxidation sites excluding steroid dienone is 1. The fourth-order valence-corrected chi connectivity index (χ4v) is 2.81. The second-order valence-corrected chi connectivity index (χ2v) is 5.13. The summed E-state index contributed by atoms with van der Waals surface area (Å²) in [4.78, 5) is 0. The van der Waals surface area contributed by atoms with Gasteiger partial charge in [0.05, 0.1) is 5.38 Å². The summed E-state index contributed by atoms with van der Waals surface area (Å²) in [6, 6.07) is 0. The Morgan fingerprint density at radius 2 is 2.09 bits per heavy atom. The molecule has 0 nitrogen and oxygen atoms in total. The van der Waals surface area contributed by atoms with Crippen molar-refractivity contribution in [1.29, 1.82) is 0 Å². The summed E-state index contributed by atoms with van der Waals surface area (Å²) in [6.07, 6.45) is 2.34. The number of fused-ring (bicyclic) bond motifs is 1. The zero-order chi connectivity index (χ0) is 8.22. The lowest BCUT2D eigenvalue weighted by atomic mass is 9.96. The fourth-order valence-electron chi connectivity index (χ4n) is 2.53. The molecule has 1 heteroatoms. The van der Waals surface area contributed by atoms with Gasteiger partial charge in [0.25, 0.3) is 0 Å². The SMILES string of the molecule is C=C1C[C@H]2[C@@H](C[C@H]1Cl)C2(C)C. The van der Waals surface area contributed by atoms with Gasteiger partial charge in [-0.15, -0.1) is 11.6 Å². The Kier molecular flexibility index (Phi) is 1.42. The molecular weight excluding hydrogens is 156 g/mol. The molecule has 0 aromatic carbocycles. The molecule has 0 aromatic heterocycles. The van der Waals surface area contributed by atoms with Gasteiger partial charge in [-0.2, -0.15) is 0 Å². The summed E-state index contributed by atoms with van der Waals surface area (Å²) in [6.45, 7) is 8.71. The van der Waals surface area contributed by atoms with Crippen LogP contribution in [0.1, 0.15) is 26.7 Å². The molecule has 0 unspecified atom stereocenters. The van der Waals surface area contributed by atoms with Gasteiger partial charge in [-0.3, -0.25) is 0 Å². The zero-order valence-corrected chi connectivity index (χ0v) is 7.99. The fraction of sp³-hybridized carbons (Fsp3) is 0.800. The van der Waals surface area contributed by atoms with Gasteiger partial charge in [-0.05, 0) is 30.1 Å². The van der Waals surface area contributed by atoms with E-state index in [2.05, 4.69) is 20.4 Å². The van der Waals surface area contributed by atoms with Crippen LogP contribution >= 0.6 is 11.6 Å². The van der Waals surface area contributed by atoms with Crippen LogP contribution in [-0.4, -0.2) is 5.38 Å². The second kappa shape index (κ2) is 2.04. The number of alkyl halides is 1. The van der Waals surface area contributed by atoms with Crippen LogP contribution in [0.25, 0.3) is 0 Å². The monoisotopic (exact) mass is 170 g/mol. The molecule has 0 bridgehead atoms. The third-order valence-corrected chi connectivity index (χ3v) is 4.16. The lowest BCUT2D eigenvalue weighted by Gasteiger charge is -2.16. The highest BCUT2D eigenvalue weighted by Crippen LogP contribution is 2.66. The topological polar surface area (TPSA) is 0 Å². The standard InChI is InChI=1S/C10H15Cl/c1-6-4-7-8(5-9(6)11)10(7,2)3/h7-9H,1,4-5H2,2-3H3/t7-,8+,9+/m0/s1. The Morgan fingerprint density at radius 1 is 1.45 bits per heavy atom. The molecule has 0 aromatic rings. The van der Waals surface area contributed by atoms with Crippen LogP contribution < -0.4 is 0 Å². The van der Waals surface area contributed by atoms with Crippen molar-refractivity contribution in [2.75, 3.05) is 0 Å². The van der Waals surface area contributed by atoms with Crippen molar-refractivity contribution >= 4 is 11.6 Å². The Hall–Kier alpha value is 0.0300. The number of hydrogen-bond donors (Lipinski definition) is 0. The predicted octanol–water partition coefficient (Wildman–Crippen LogP) is 3.22. The molecule has 2 aliphatic carbocycles. The average Bonchev–Trinajstić information content (AvgIpc) is 2.39. The van der Waals surface area contributed by atoms with E-state index in [0.717, 1.165) is 18.3 Å². The van der Waals surface area contributed by atoms with Crippen LogP contribution in [0.3, 0.4) is 0 Å². The molecule has 0 N–H and O–H groups in total. The van der Waals surface area contributed by atoms with Crippen molar-refractivity contribution in [3.63, 3.8) is 0 Å². The summed E-state index contributed by atoms with van der Waals surface area (Å²) >= 11 is 6.12. The van der Waals surface area contributed by atoms with Gasteiger partial charge in [0, 0.05) is 0 Å². The van der Waals surface area contributed by atoms with Gasteiger partial charge in [0.2, 0.25) is 0 Å². The Labute approximate surface area is 73.6 Å². The van der Waals surface area contributed by atoms with E-state index in [1.807, 2.05) is 0 Å². The molecule has 2 aliphatic rings. The maximum absolute atomic E-state index is 6.12. The summed E-state index contributed by atoms with van der Waals surface area (Å²) in [7, 11) is 0. The first kappa shape index (κ1) is 7.67. The molecule has 62 valence electrons. The highest BCUT2D eigenvalue weighted by Gasteiger charge is 2.59.